The van der Waals surface area contributed by atoms with Crippen molar-refractivity contribution in [1.82, 2.24) is 20.4 Å². The summed E-state index contributed by atoms with van der Waals surface area (Å²) in [6.07, 6.45) is 4.25. The standard InChI is InChI=1S/C28H24N4O3/c1-34-22-9-5-8-20(16-22)23-11-10-21(25-18-29-15-14-24(23)25)17-30-26(33)12-13-27-31-28(32-35-27)19-6-3-2-4-7-19/h2-11,14-16,18H,12-13,17H2,1H3,(H,30,33). The van der Waals surface area contributed by atoms with Crippen LogP contribution in [-0.2, 0) is 17.8 Å². The first kappa shape index (κ1) is 22.3. The molecule has 0 radical (unpaired) electrons. The third-order valence-electron chi connectivity index (χ3n) is 5.83. The zero-order valence-corrected chi connectivity index (χ0v) is 19.3. The molecule has 0 saturated heterocycles. The molecule has 0 fully saturated rings. The van der Waals surface area contributed by atoms with Crippen molar-refractivity contribution in [3.63, 3.8) is 0 Å². The summed E-state index contributed by atoms with van der Waals surface area (Å²) < 4.78 is 10.7. The van der Waals surface area contributed by atoms with E-state index >= 15 is 0 Å². The number of ether oxygens (including phenoxy) is 1. The average Bonchev–Trinajstić information content (AvgIpc) is 3.40. The van der Waals surface area contributed by atoms with Gasteiger partial charge in [-0.2, -0.15) is 4.98 Å². The molecular formula is C28H24N4O3. The van der Waals surface area contributed by atoms with Crippen LogP contribution in [0.25, 0.3) is 33.3 Å². The van der Waals surface area contributed by atoms with Crippen molar-refractivity contribution in [2.24, 2.45) is 0 Å². The van der Waals surface area contributed by atoms with Gasteiger partial charge in [-0.3, -0.25) is 9.78 Å². The molecule has 35 heavy (non-hydrogen) atoms. The fourth-order valence-corrected chi connectivity index (χ4v) is 4.01. The number of methoxy groups -OCH3 is 1. The molecule has 0 aliphatic rings. The molecule has 0 aliphatic carbocycles. The van der Waals surface area contributed by atoms with Gasteiger partial charge in [0.25, 0.3) is 0 Å². The maximum atomic E-state index is 12.5. The van der Waals surface area contributed by atoms with Gasteiger partial charge in [-0.15, -0.1) is 0 Å². The Labute approximate surface area is 202 Å². The van der Waals surface area contributed by atoms with Crippen molar-refractivity contribution in [2.45, 2.75) is 19.4 Å². The molecule has 1 N–H and O–H groups in total. The molecule has 5 rings (SSSR count). The number of carbonyl (C=O) groups is 1. The number of hydrogen-bond donors (Lipinski definition) is 1. The molecule has 7 heteroatoms. The Kier molecular flexibility index (Phi) is 6.48. The van der Waals surface area contributed by atoms with E-state index in [0.717, 1.165) is 38.8 Å². The van der Waals surface area contributed by atoms with E-state index in [1.807, 2.05) is 66.9 Å². The van der Waals surface area contributed by atoms with Crippen molar-refractivity contribution in [2.75, 3.05) is 7.11 Å². The topological polar surface area (TPSA) is 90.1 Å². The van der Waals surface area contributed by atoms with E-state index in [1.165, 1.54) is 0 Å². The predicted molar refractivity (Wildman–Crippen MR) is 134 cm³/mol. The fourth-order valence-electron chi connectivity index (χ4n) is 4.01. The van der Waals surface area contributed by atoms with Crippen LogP contribution in [0.5, 0.6) is 5.75 Å². The number of amides is 1. The van der Waals surface area contributed by atoms with Gasteiger partial charge in [-0.1, -0.05) is 59.8 Å². The molecule has 2 heterocycles. The Morgan fingerprint density at radius 3 is 2.69 bits per heavy atom. The van der Waals surface area contributed by atoms with Crippen LogP contribution in [0.2, 0.25) is 0 Å². The lowest BCUT2D eigenvalue weighted by Gasteiger charge is -2.13. The molecule has 2 aromatic heterocycles. The quantitative estimate of drug-likeness (QED) is 0.339. The van der Waals surface area contributed by atoms with Crippen molar-refractivity contribution in [3.8, 4) is 28.3 Å². The highest BCUT2D eigenvalue weighted by Gasteiger charge is 2.12. The number of aryl methyl sites for hydroxylation is 1. The minimum absolute atomic E-state index is 0.0848. The summed E-state index contributed by atoms with van der Waals surface area (Å²) in [5.74, 6) is 1.68. The highest BCUT2D eigenvalue weighted by molar-refractivity contribution is 5.98. The Morgan fingerprint density at radius 1 is 0.971 bits per heavy atom. The van der Waals surface area contributed by atoms with Crippen molar-refractivity contribution in [1.29, 1.82) is 0 Å². The van der Waals surface area contributed by atoms with Gasteiger partial charge in [-0.25, -0.2) is 0 Å². The van der Waals surface area contributed by atoms with Gasteiger partial charge < -0.3 is 14.6 Å². The van der Waals surface area contributed by atoms with Crippen LogP contribution in [0, 0.1) is 0 Å². The van der Waals surface area contributed by atoms with Crippen molar-refractivity contribution < 1.29 is 14.1 Å². The second kappa shape index (κ2) is 10.2. The highest BCUT2D eigenvalue weighted by atomic mass is 16.5. The van der Waals surface area contributed by atoms with Crippen molar-refractivity contribution >= 4 is 16.7 Å². The largest absolute Gasteiger partial charge is 0.497 e. The third kappa shape index (κ3) is 5.04. The number of aromatic nitrogens is 3. The molecule has 0 spiro atoms. The molecule has 0 bridgehead atoms. The lowest BCUT2D eigenvalue weighted by atomic mass is 9.96. The number of pyridine rings is 1. The molecule has 0 unspecified atom stereocenters. The van der Waals surface area contributed by atoms with Gasteiger partial charge in [-0.05, 0) is 40.3 Å². The Bertz CT molecular complexity index is 1460. The predicted octanol–water partition coefficient (Wildman–Crippen LogP) is 5.21. The van der Waals surface area contributed by atoms with Gasteiger partial charge in [0, 0.05) is 42.7 Å². The molecule has 0 saturated carbocycles. The Morgan fingerprint density at radius 2 is 1.83 bits per heavy atom. The van der Waals surface area contributed by atoms with Crippen LogP contribution in [0.4, 0.5) is 0 Å². The van der Waals surface area contributed by atoms with E-state index in [0.29, 0.717) is 24.7 Å². The van der Waals surface area contributed by atoms with E-state index in [2.05, 4.69) is 32.6 Å². The minimum Gasteiger partial charge on any atom is -0.497 e. The van der Waals surface area contributed by atoms with Gasteiger partial charge in [0.1, 0.15) is 5.75 Å². The summed E-state index contributed by atoms with van der Waals surface area (Å²) in [5.41, 5.74) is 4.02. The van der Waals surface area contributed by atoms with Gasteiger partial charge in [0.2, 0.25) is 17.6 Å². The van der Waals surface area contributed by atoms with Crippen LogP contribution in [0.1, 0.15) is 17.9 Å². The third-order valence-corrected chi connectivity index (χ3v) is 5.83. The van der Waals surface area contributed by atoms with Crippen LogP contribution in [-0.4, -0.2) is 28.1 Å². The van der Waals surface area contributed by atoms with Crippen LogP contribution in [0.15, 0.2) is 89.7 Å². The van der Waals surface area contributed by atoms with E-state index in [4.69, 9.17) is 9.26 Å². The number of nitrogens with one attached hydrogen (secondary N) is 1. The molecule has 7 nitrogen and oxygen atoms in total. The number of carbonyl (C=O) groups excluding carboxylic acids is 1. The lowest BCUT2D eigenvalue weighted by molar-refractivity contribution is -0.121. The fraction of sp³-hybridized carbons (Fsp3) is 0.143. The van der Waals surface area contributed by atoms with Crippen LogP contribution >= 0.6 is 0 Å². The maximum absolute atomic E-state index is 12.5. The molecule has 174 valence electrons. The Hall–Kier alpha value is -4.52. The molecule has 1 amide bonds. The van der Waals surface area contributed by atoms with E-state index in [9.17, 15) is 4.79 Å². The number of rotatable bonds is 8. The summed E-state index contributed by atoms with van der Waals surface area (Å²) >= 11 is 0. The lowest BCUT2D eigenvalue weighted by Crippen LogP contribution is -2.23. The SMILES string of the molecule is COc1cccc(-c2ccc(CNC(=O)CCc3nc(-c4ccccc4)no3)c3cnccc23)c1. The van der Waals surface area contributed by atoms with E-state index in [-0.39, 0.29) is 12.3 Å². The summed E-state index contributed by atoms with van der Waals surface area (Å²) in [4.78, 5) is 21.2. The van der Waals surface area contributed by atoms with Crippen LogP contribution < -0.4 is 10.1 Å². The summed E-state index contributed by atoms with van der Waals surface area (Å²) in [7, 11) is 1.66. The number of fused-ring (bicyclic) bond motifs is 1. The monoisotopic (exact) mass is 464 g/mol. The summed E-state index contributed by atoms with van der Waals surface area (Å²) in [6, 6.07) is 23.7. The van der Waals surface area contributed by atoms with Crippen molar-refractivity contribution in [3.05, 3.63) is 96.6 Å². The summed E-state index contributed by atoms with van der Waals surface area (Å²) in [5, 5.41) is 9.07. The molecular weight excluding hydrogens is 440 g/mol. The molecule has 3 aromatic carbocycles. The second-order valence-electron chi connectivity index (χ2n) is 8.08. The normalized spacial score (nSPS) is 10.9. The maximum Gasteiger partial charge on any atom is 0.227 e. The second-order valence-corrected chi connectivity index (χ2v) is 8.08. The Balaban J connectivity index is 1.26. The molecule has 5 aromatic rings. The smallest absolute Gasteiger partial charge is 0.227 e. The van der Waals surface area contributed by atoms with E-state index < -0.39 is 0 Å². The van der Waals surface area contributed by atoms with Crippen LogP contribution in [0.3, 0.4) is 0 Å². The first-order valence-electron chi connectivity index (χ1n) is 11.4. The molecule has 0 aliphatic heterocycles. The zero-order chi connectivity index (χ0) is 24.0. The van der Waals surface area contributed by atoms with Gasteiger partial charge in [0.15, 0.2) is 0 Å². The first-order valence-corrected chi connectivity index (χ1v) is 11.4. The van der Waals surface area contributed by atoms with Gasteiger partial charge in [0.05, 0.1) is 7.11 Å². The summed E-state index contributed by atoms with van der Waals surface area (Å²) in [6.45, 7) is 0.401. The zero-order valence-electron chi connectivity index (χ0n) is 19.3. The highest BCUT2D eigenvalue weighted by Crippen LogP contribution is 2.32. The average molecular weight is 465 g/mol. The number of hydrogen-bond acceptors (Lipinski definition) is 6. The minimum atomic E-state index is -0.0848. The first-order chi connectivity index (χ1) is 17.2. The molecule has 0 atom stereocenters. The number of nitrogens with zero attached hydrogens (tertiary/aromatic N) is 3. The van der Waals surface area contributed by atoms with Gasteiger partial charge >= 0.3 is 0 Å². The van der Waals surface area contributed by atoms with E-state index in [1.54, 1.807) is 13.3 Å². The number of benzene rings is 3.